The number of aliphatic hydroxyl groups excluding tert-OH is 1. The van der Waals surface area contributed by atoms with E-state index < -0.39 is 36.0 Å². The smallest absolute Gasteiger partial charge is 0.321 e. The fourth-order valence-electron chi connectivity index (χ4n) is 8.47. The maximum atomic E-state index is 14.8. The summed E-state index contributed by atoms with van der Waals surface area (Å²) in [7, 11) is 0. The average molecular weight is 901 g/mol. The Labute approximate surface area is 390 Å². The minimum atomic E-state index is -1.14. The van der Waals surface area contributed by atoms with Gasteiger partial charge in [0.1, 0.15) is 6.04 Å². The van der Waals surface area contributed by atoms with E-state index in [1.54, 1.807) is 0 Å². The highest BCUT2D eigenvalue weighted by Crippen LogP contribution is 2.27. The van der Waals surface area contributed by atoms with Crippen molar-refractivity contribution in [3.8, 4) is 0 Å². The van der Waals surface area contributed by atoms with E-state index in [-0.39, 0.29) is 35.3 Å². The van der Waals surface area contributed by atoms with Gasteiger partial charge in [-0.3, -0.25) is 19.7 Å². The van der Waals surface area contributed by atoms with Gasteiger partial charge in [-0.25, -0.2) is 4.79 Å². The molecule has 5 aromatic carbocycles. The van der Waals surface area contributed by atoms with E-state index in [0.717, 1.165) is 44.7 Å². The lowest BCUT2D eigenvalue weighted by molar-refractivity contribution is -0.132. The normalized spacial score (nSPS) is 13.2. The lowest BCUT2D eigenvalue weighted by Crippen LogP contribution is -2.54. The van der Waals surface area contributed by atoms with Crippen molar-refractivity contribution in [2.75, 3.05) is 6.54 Å². The molecular weight excluding hydrogens is 833 g/mol. The van der Waals surface area contributed by atoms with Crippen molar-refractivity contribution >= 4 is 62.6 Å². The average Bonchev–Trinajstić information content (AvgIpc) is 3.27. The molecule has 0 fully saturated rings. The predicted molar refractivity (Wildman–Crippen MR) is 266 cm³/mol. The maximum Gasteiger partial charge on any atom is 0.321 e. The summed E-state index contributed by atoms with van der Waals surface area (Å²) >= 11 is 5.38. The summed E-state index contributed by atoms with van der Waals surface area (Å²) in [6.45, 7) is 10.9. The van der Waals surface area contributed by atoms with Crippen LogP contribution in [0.15, 0.2) is 115 Å². The number of fused-ring (bicyclic) bond motifs is 2. The van der Waals surface area contributed by atoms with Gasteiger partial charge in [-0.2, -0.15) is 0 Å². The molecule has 5 amide bonds. The van der Waals surface area contributed by atoms with Gasteiger partial charge in [0.25, 0.3) is 0 Å². The first-order valence-corrected chi connectivity index (χ1v) is 23.5. The van der Waals surface area contributed by atoms with Crippen LogP contribution in [0.5, 0.6) is 0 Å². The molecule has 0 aliphatic heterocycles. The van der Waals surface area contributed by atoms with Gasteiger partial charge in [-0.05, 0) is 114 Å². The van der Waals surface area contributed by atoms with E-state index in [4.69, 9.17) is 12.2 Å². The van der Waals surface area contributed by atoms with Crippen LogP contribution in [0, 0.1) is 17.8 Å². The molecule has 11 nitrogen and oxygen atoms in total. The van der Waals surface area contributed by atoms with Crippen LogP contribution in [0.2, 0.25) is 0 Å². The van der Waals surface area contributed by atoms with Crippen molar-refractivity contribution in [3.63, 3.8) is 0 Å². The van der Waals surface area contributed by atoms with Crippen molar-refractivity contribution in [1.82, 2.24) is 31.9 Å². The molecule has 65 heavy (non-hydrogen) atoms. The molecule has 7 N–H and O–H groups in total. The quantitative estimate of drug-likeness (QED) is 0.0257. The van der Waals surface area contributed by atoms with E-state index in [2.05, 4.69) is 94.3 Å². The van der Waals surface area contributed by atoms with Gasteiger partial charge in [0.05, 0.1) is 18.6 Å². The zero-order valence-corrected chi connectivity index (χ0v) is 39.4. The Morgan fingerprint density at radius 1 is 0.615 bits per heavy atom. The fraction of sp³-hybridized carbons (Fsp3) is 0.415. The van der Waals surface area contributed by atoms with Gasteiger partial charge >= 0.3 is 6.03 Å². The third-order valence-electron chi connectivity index (χ3n) is 11.6. The number of unbranched alkanes of at least 4 members (excludes halogenated alkanes) is 1. The molecule has 0 aliphatic carbocycles. The summed E-state index contributed by atoms with van der Waals surface area (Å²) in [6, 6.07) is 36.0. The Kier molecular flexibility index (Phi) is 19.7. The number of amides is 5. The van der Waals surface area contributed by atoms with Crippen LogP contribution in [-0.2, 0) is 33.8 Å². The van der Waals surface area contributed by atoms with Crippen LogP contribution in [-0.4, -0.2) is 64.7 Å². The number of nitrogens with one attached hydrogen (secondary N) is 6. The molecule has 0 heterocycles. The lowest BCUT2D eigenvalue weighted by Gasteiger charge is -2.29. The largest absolute Gasteiger partial charge is 0.390 e. The van der Waals surface area contributed by atoms with E-state index >= 15 is 0 Å². The van der Waals surface area contributed by atoms with E-state index in [9.17, 15) is 24.3 Å². The highest BCUT2D eigenvalue weighted by atomic mass is 32.1. The van der Waals surface area contributed by atoms with Crippen LogP contribution in [0.4, 0.5) is 4.79 Å². The number of carbonyl (C=O) groups is 4. The second-order valence-corrected chi connectivity index (χ2v) is 18.5. The molecule has 0 spiro atoms. The van der Waals surface area contributed by atoms with Gasteiger partial charge in [0, 0.05) is 25.0 Å². The Morgan fingerprint density at radius 2 is 1.18 bits per heavy atom. The summed E-state index contributed by atoms with van der Waals surface area (Å²) in [6.07, 6.45) is 2.21. The minimum absolute atomic E-state index is 0.0560. The highest BCUT2D eigenvalue weighted by Gasteiger charge is 2.31. The van der Waals surface area contributed by atoms with Gasteiger partial charge in [0.15, 0.2) is 5.11 Å². The summed E-state index contributed by atoms with van der Waals surface area (Å²) in [5.41, 5.74) is 3.04. The summed E-state index contributed by atoms with van der Waals surface area (Å²) < 4.78 is 0. The molecule has 0 unspecified atom stereocenters. The molecule has 0 aromatic heterocycles. The Morgan fingerprint density at radius 3 is 1.78 bits per heavy atom. The zero-order valence-electron chi connectivity index (χ0n) is 38.6. The molecule has 4 atom stereocenters. The molecule has 0 radical (unpaired) electrons. The Hall–Kier alpha value is -5.85. The van der Waals surface area contributed by atoms with Gasteiger partial charge in [0.2, 0.25) is 17.7 Å². The number of benzene rings is 5. The zero-order chi connectivity index (χ0) is 46.7. The number of aliphatic hydroxyl groups is 1. The van der Waals surface area contributed by atoms with Gasteiger partial charge in [-0.15, -0.1) is 0 Å². The molecule has 0 bridgehead atoms. The van der Waals surface area contributed by atoms with Gasteiger partial charge < -0.3 is 31.7 Å². The SMILES string of the molecule is CC(C)C[C@H](NC(=O)[C@H](CCCCNC(=S)NC(=O)NCc1ccccc1)NC(=O)C(Cc1cccc2ccccc12)Cc1cccc2ccccc12)[C@@H](O)CC(=O)N[C@@H](C)CC(C)C. The molecule has 5 aromatic rings. The van der Waals surface area contributed by atoms with Crippen molar-refractivity contribution in [2.24, 2.45) is 17.8 Å². The highest BCUT2D eigenvalue weighted by molar-refractivity contribution is 7.80. The fourth-order valence-corrected chi connectivity index (χ4v) is 8.66. The molecular formula is C53H68N6O5S. The summed E-state index contributed by atoms with van der Waals surface area (Å²) in [4.78, 5) is 54.8. The first kappa shape index (κ1) is 50.2. The number of thiocarbonyl (C=S) groups is 1. The standard InChI is InChI=1S/C53H68N6O5S/c1-35(2)29-37(5)56-49(61)33-48(60)47(30-36(3)4)58-51(63)46(27-13-14-28-54-53(65)59-52(64)55-34-38-17-7-6-8-18-38)57-50(62)43(31-41-23-15-21-39-19-9-11-25-44(39)41)32-42-24-16-22-40-20-10-12-26-45(40)42/h6-12,15-26,35-37,43,46-48,60H,13-14,27-34H2,1-5H3,(H,56,61)(H,57,62)(H,58,63)(H3,54,55,59,64,65)/t37-,46-,47-,48-/m0/s1. The van der Waals surface area contributed by atoms with E-state index in [1.807, 2.05) is 87.5 Å². The lowest BCUT2D eigenvalue weighted by atomic mass is 9.87. The van der Waals surface area contributed by atoms with Crippen molar-refractivity contribution in [1.29, 1.82) is 0 Å². The minimum Gasteiger partial charge on any atom is -0.390 e. The second kappa shape index (κ2) is 25.6. The first-order chi connectivity index (χ1) is 31.2. The van der Waals surface area contributed by atoms with Crippen molar-refractivity contribution < 1.29 is 24.3 Å². The van der Waals surface area contributed by atoms with Crippen LogP contribution < -0.4 is 31.9 Å². The second-order valence-electron chi connectivity index (χ2n) is 18.1. The van der Waals surface area contributed by atoms with Crippen LogP contribution >= 0.6 is 12.2 Å². The molecule has 5 rings (SSSR count). The Balaban J connectivity index is 1.33. The van der Waals surface area contributed by atoms with Crippen molar-refractivity contribution in [3.05, 3.63) is 132 Å². The molecule has 12 heteroatoms. The third kappa shape index (κ3) is 16.6. The van der Waals surface area contributed by atoms with Crippen molar-refractivity contribution in [2.45, 2.75) is 117 Å². The summed E-state index contributed by atoms with van der Waals surface area (Å²) in [5.74, 6) is -0.998. The topological polar surface area (TPSA) is 161 Å². The molecule has 0 saturated heterocycles. The number of urea groups is 1. The van der Waals surface area contributed by atoms with Crippen LogP contribution in [0.1, 0.15) is 89.8 Å². The van der Waals surface area contributed by atoms with Crippen LogP contribution in [0.3, 0.4) is 0 Å². The van der Waals surface area contributed by atoms with E-state index in [0.29, 0.717) is 57.5 Å². The number of hydrogen-bond donors (Lipinski definition) is 7. The number of hydrogen-bond acceptors (Lipinski definition) is 6. The first-order valence-electron chi connectivity index (χ1n) is 23.1. The Bertz CT molecular complexity index is 2250. The van der Waals surface area contributed by atoms with E-state index in [1.165, 1.54) is 0 Å². The maximum absolute atomic E-state index is 14.8. The molecule has 0 saturated carbocycles. The molecule has 346 valence electrons. The number of carbonyl (C=O) groups excluding carboxylic acids is 4. The predicted octanol–water partition coefficient (Wildman–Crippen LogP) is 8.26. The third-order valence-corrected chi connectivity index (χ3v) is 11.8. The van der Waals surface area contributed by atoms with Crippen LogP contribution in [0.25, 0.3) is 21.5 Å². The van der Waals surface area contributed by atoms with Gasteiger partial charge in [-0.1, -0.05) is 143 Å². The molecule has 0 aliphatic rings. The summed E-state index contributed by atoms with van der Waals surface area (Å²) in [5, 5.41) is 33.7. The monoisotopic (exact) mass is 900 g/mol. The number of rotatable bonds is 23.